The second-order valence-electron chi connectivity index (χ2n) is 4.82. The van der Waals surface area contributed by atoms with Gasteiger partial charge in [-0.2, -0.15) is 0 Å². The molecule has 4 nitrogen and oxygen atoms in total. The SMILES string of the molecule is C/C(CCC(C)C)=N\OC(=O)N(C)C(C)C. The van der Waals surface area contributed by atoms with Gasteiger partial charge in [-0.3, -0.25) is 4.84 Å². The molecule has 16 heavy (non-hydrogen) atoms. The number of carbonyl (C=O) groups excluding carboxylic acids is 1. The summed E-state index contributed by atoms with van der Waals surface area (Å²) in [6.45, 7) is 10.1. The Bertz CT molecular complexity index is 247. The van der Waals surface area contributed by atoms with Crippen molar-refractivity contribution in [3.05, 3.63) is 0 Å². The van der Waals surface area contributed by atoms with E-state index in [4.69, 9.17) is 4.84 Å². The third kappa shape index (κ3) is 6.43. The lowest BCUT2D eigenvalue weighted by atomic mass is 10.1. The Hall–Kier alpha value is -1.06. The van der Waals surface area contributed by atoms with Crippen LogP contribution < -0.4 is 0 Å². The number of hydrogen-bond donors (Lipinski definition) is 0. The van der Waals surface area contributed by atoms with Crippen molar-refractivity contribution >= 4 is 11.8 Å². The van der Waals surface area contributed by atoms with Crippen LogP contribution in [0.2, 0.25) is 0 Å². The molecule has 0 aromatic rings. The minimum absolute atomic E-state index is 0.124. The maximum absolute atomic E-state index is 11.4. The van der Waals surface area contributed by atoms with Crippen molar-refractivity contribution in [1.82, 2.24) is 4.90 Å². The highest BCUT2D eigenvalue weighted by Crippen LogP contribution is 2.05. The highest BCUT2D eigenvalue weighted by Gasteiger charge is 2.13. The van der Waals surface area contributed by atoms with E-state index in [0.717, 1.165) is 18.6 Å². The lowest BCUT2D eigenvalue weighted by Gasteiger charge is -2.18. The molecule has 0 aliphatic carbocycles. The molecule has 0 saturated carbocycles. The Morgan fingerprint density at radius 2 is 1.88 bits per heavy atom. The first-order chi connectivity index (χ1) is 7.34. The Balaban J connectivity index is 4.01. The predicted molar refractivity (Wildman–Crippen MR) is 66.6 cm³/mol. The molecule has 1 amide bonds. The number of nitrogens with zero attached hydrogens (tertiary/aromatic N) is 2. The first kappa shape index (κ1) is 14.9. The Morgan fingerprint density at radius 3 is 2.31 bits per heavy atom. The first-order valence-corrected chi connectivity index (χ1v) is 5.81. The van der Waals surface area contributed by atoms with E-state index in [-0.39, 0.29) is 6.04 Å². The van der Waals surface area contributed by atoms with E-state index in [0.29, 0.717) is 5.92 Å². The predicted octanol–water partition coefficient (Wildman–Crippen LogP) is 3.28. The van der Waals surface area contributed by atoms with Crippen LogP contribution in [0.4, 0.5) is 4.79 Å². The molecule has 0 saturated heterocycles. The van der Waals surface area contributed by atoms with Crippen LogP contribution in [0.25, 0.3) is 0 Å². The van der Waals surface area contributed by atoms with Gasteiger partial charge >= 0.3 is 6.09 Å². The van der Waals surface area contributed by atoms with Crippen LogP contribution in [0.15, 0.2) is 5.16 Å². The molecular formula is C12H24N2O2. The maximum atomic E-state index is 11.4. The normalized spacial score (nSPS) is 12.1. The fraction of sp³-hybridized carbons (Fsp3) is 0.833. The summed E-state index contributed by atoms with van der Waals surface area (Å²) < 4.78 is 0. The van der Waals surface area contributed by atoms with Gasteiger partial charge in [0.15, 0.2) is 0 Å². The number of amides is 1. The third-order valence-corrected chi connectivity index (χ3v) is 2.43. The number of oxime groups is 1. The lowest BCUT2D eigenvalue weighted by molar-refractivity contribution is 0.105. The van der Waals surface area contributed by atoms with Crippen LogP contribution in [-0.2, 0) is 4.84 Å². The number of hydrogen-bond acceptors (Lipinski definition) is 3. The van der Waals surface area contributed by atoms with Crippen LogP contribution in [0, 0.1) is 5.92 Å². The van der Waals surface area contributed by atoms with E-state index < -0.39 is 6.09 Å². The van der Waals surface area contributed by atoms with E-state index in [1.165, 1.54) is 4.90 Å². The largest absolute Gasteiger partial charge is 0.435 e. The van der Waals surface area contributed by atoms with Crippen molar-refractivity contribution < 1.29 is 9.63 Å². The molecule has 0 spiro atoms. The topological polar surface area (TPSA) is 41.9 Å². The second-order valence-corrected chi connectivity index (χ2v) is 4.82. The van der Waals surface area contributed by atoms with Crippen molar-refractivity contribution in [3.63, 3.8) is 0 Å². The molecule has 0 bridgehead atoms. The fourth-order valence-corrected chi connectivity index (χ4v) is 0.935. The van der Waals surface area contributed by atoms with Gasteiger partial charge < -0.3 is 4.90 Å². The zero-order valence-corrected chi connectivity index (χ0v) is 11.3. The van der Waals surface area contributed by atoms with Gasteiger partial charge in [0, 0.05) is 13.1 Å². The summed E-state index contributed by atoms with van der Waals surface area (Å²) in [5, 5.41) is 3.82. The summed E-state index contributed by atoms with van der Waals surface area (Å²) in [6.07, 6.45) is 1.53. The maximum Gasteiger partial charge on any atom is 0.435 e. The van der Waals surface area contributed by atoms with Gasteiger partial charge in [0.05, 0.1) is 5.71 Å². The molecule has 0 heterocycles. The van der Waals surface area contributed by atoms with Gasteiger partial charge in [0.25, 0.3) is 0 Å². The van der Waals surface area contributed by atoms with Crippen LogP contribution in [0.5, 0.6) is 0 Å². The molecule has 0 aromatic heterocycles. The third-order valence-electron chi connectivity index (χ3n) is 2.43. The van der Waals surface area contributed by atoms with Gasteiger partial charge in [-0.25, -0.2) is 4.79 Å². The molecule has 0 fully saturated rings. The molecule has 0 unspecified atom stereocenters. The average molecular weight is 228 g/mol. The smallest absolute Gasteiger partial charge is 0.307 e. The molecule has 4 heteroatoms. The summed E-state index contributed by atoms with van der Waals surface area (Å²) in [7, 11) is 1.70. The molecule has 0 N–H and O–H groups in total. The second kappa shape index (κ2) is 7.25. The summed E-state index contributed by atoms with van der Waals surface area (Å²) in [5.41, 5.74) is 0.860. The summed E-state index contributed by atoms with van der Waals surface area (Å²) >= 11 is 0. The Morgan fingerprint density at radius 1 is 1.31 bits per heavy atom. The average Bonchev–Trinajstić information content (AvgIpc) is 2.21. The molecule has 0 rings (SSSR count). The van der Waals surface area contributed by atoms with Crippen molar-refractivity contribution in [2.45, 2.75) is 53.5 Å². The number of rotatable bonds is 5. The van der Waals surface area contributed by atoms with Gasteiger partial charge in [-0.05, 0) is 39.5 Å². The van der Waals surface area contributed by atoms with Crippen molar-refractivity contribution in [2.24, 2.45) is 11.1 Å². The summed E-state index contributed by atoms with van der Waals surface area (Å²) in [5.74, 6) is 0.638. The van der Waals surface area contributed by atoms with Crippen LogP contribution in [-0.4, -0.2) is 29.8 Å². The van der Waals surface area contributed by atoms with Gasteiger partial charge in [0.2, 0.25) is 0 Å². The monoisotopic (exact) mass is 228 g/mol. The molecular weight excluding hydrogens is 204 g/mol. The molecule has 0 radical (unpaired) electrons. The number of carbonyl (C=O) groups is 1. The van der Waals surface area contributed by atoms with E-state index in [1.807, 2.05) is 20.8 Å². The minimum Gasteiger partial charge on any atom is -0.307 e. The fourth-order valence-electron chi connectivity index (χ4n) is 0.935. The van der Waals surface area contributed by atoms with E-state index in [1.54, 1.807) is 7.05 Å². The molecule has 0 aromatic carbocycles. The lowest BCUT2D eigenvalue weighted by Crippen LogP contribution is -2.32. The van der Waals surface area contributed by atoms with Crippen molar-refractivity contribution in [2.75, 3.05) is 7.05 Å². The zero-order valence-electron chi connectivity index (χ0n) is 11.3. The first-order valence-electron chi connectivity index (χ1n) is 5.81. The van der Waals surface area contributed by atoms with E-state index in [2.05, 4.69) is 19.0 Å². The standard InChI is InChI=1S/C12H24N2O2/c1-9(2)7-8-11(5)13-16-12(15)14(6)10(3)4/h9-10H,7-8H2,1-6H3/b13-11+. The highest BCUT2D eigenvalue weighted by atomic mass is 16.7. The Labute approximate surface area is 98.6 Å². The molecule has 0 aliphatic rings. The zero-order chi connectivity index (χ0) is 12.7. The summed E-state index contributed by atoms with van der Waals surface area (Å²) in [6, 6.07) is 0.124. The van der Waals surface area contributed by atoms with Gasteiger partial charge in [0.1, 0.15) is 0 Å². The summed E-state index contributed by atoms with van der Waals surface area (Å²) in [4.78, 5) is 17.8. The molecule has 0 atom stereocenters. The molecule has 94 valence electrons. The van der Waals surface area contributed by atoms with E-state index in [9.17, 15) is 4.79 Å². The van der Waals surface area contributed by atoms with Crippen molar-refractivity contribution in [3.8, 4) is 0 Å². The van der Waals surface area contributed by atoms with Crippen LogP contribution >= 0.6 is 0 Å². The van der Waals surface area contributed by atoms with Gasteiger partial charge in [-0.1, -0.05) is 19.0 Å². The Kier molecular flexibility index (Phi) is 6.77. The minimum atomic E-state index is -0.404. The van der Waals surface area contributed by atoms with Gasteiger partial charge in [-0.15, -0.1) is 0 Å². The molecule has 0 aliphatic heterocycles. The quantitative estimate of drug-likeness (QED) is 0.411. The van der Waals surface area contributed by atoms with Crippen LogP contribution in [0.3, 0.4) is 0 Å². The van der Waals surface area contributed by atoms with Crippen molar-refractivity contribution in [1.29, 1.82) is 0 Å². The highest BCUT2D eigenvalue weighted by molar-refractivity contribution is 5.82. The van der Waals surface area contributed by atoms with Crippen LogP contribution in [0.1, 0.15) is 47.5 Å². The van der Waals surface area contributed by atoms with E-state index >= 15 is 0 Å².